The van der Waals surface area contributed by atoms with Crippen molar-refractivity contribution in [2.75, 3.05) is 5.43 Å². The van der Waals surface area contributed by atoms with Crippen LogP contribution < -0.4 is 10.9 Å². The zero-order chi connectivity index (χ0) is 13.0. The summed E-state index contributed by atoms with van der Waals surface area (Å²) in [5.41, 5.74) is 5.93. The number of aromatic nitrogens is 1. The van der Waals surface area contributed by atoms with Gasteiger partial charge >= 0.3 is 0 Å². The summed E-state index contributed by atoms with van der Waals surface area (Å²) in [4.78, 5) is 15.3. The lowest BCUT2D eigenvalue weighted by Crippen LogP contribution is -2.29. The molecule has 0 bridgehead atoms. The van der Waals surface area contributed by atoms with Gasteiger partial charge in [0.1, 0.15) is 11.5 Å². The van der Waals surface area contributed by atoms with Crippen molar-refractivity contribution in [1.82, 2.24) is 10.4 Å². The van der Waals surface area contributed by atoms with Gasteiger partial charge in [0.2, 0.25) is 0 Å². The predicted octanol–water partition coefficient (Wildman–Crippen LogP) is 2.63. The summed E-state index contributed by atoms with van der Waals surface area (Å²) in [7, 11) is 0. The minimum Gasteiger partial charge on any atom is -0.298 e. The largest absolute Gasteiger partial charge is 0.298 e. The minimum atomic E-state index is -0.489. The van der Waals surface area contributed by atoms with E-state index in [0.29, 0.717) is 10.7 Å². The fraction of sp³-hybridized carbons (Fsp3) is 0. The SMILES string of the molecule is O=C(NNc1ccc(Cl)cc1)c1ccc(F)cn1. The molecule has 1 aromatic heterocycles. The Morgan fingerprint density at radius 1 is 1.17 bits per heavy atom. The van der Waals surface area contributed by atoms with Crippen LogP contribution in [-0.2, 0) is 0 Å². The Kier molecular flexibility index (Phi) is 3.74. The van der Waals surface area contributed by atoms with Crippen LogP contribution in [0.4, 0.5) is 10.1 Å². The molecule has 1 aromatic carbocycles. The molecule has 0 aliphatic heterocycles. The summed E-state index contributed by atoms with van der Waals surface area (Å²) in [6.07, 6.45) is 0.983. The zero-order valence-corrected chi connectivity index (χ0v) is 9.91. The van der Waals surface area contributed by atoms with Crippen molar-refractivity contribution in [3.05, 3.63) is 59.1 Å². The highest BCUT2D eigenvalue weighted by Gasteiger charge is 2.06. The number of hydrazine groups is 1. The van der Waals surface area contributed by atoms with Gasteiger partial charge in [0.15, 0.2) is 0 Å². The highest BCUT2D eigenvalue weighted by Crippen LogP contribution is 2.12. The maximum atomic E-state index is 12.6. The molecule has 0 saturated carbocycles. The number of rotatable bonds is 3. The molecular formula is C12H9ClFN3O. The van der Waals surface area contributed by atoms with Crippen molar-refractivity contribution >= 4 is 23.2 Å². The van der Waals surface area contributed by atoms with Gasteiger partial charge in [-0.15, -0.1) is 0 Å². The number of anilines is 1. The number of carbonyl (C=O) groups excluding carboxylic acids is 1. The molecule has 6 heteroatoms. The number of carbonyl (C=O) groups is 1. The molecule has 0 spiro atoms. The third kappa shape index (κ3) is 3.18. The lowest BCUT2D eigenvalue weighted by atomic mass is 10.3. The third-order valence-electron chi connectivity index (χ3n) is 2.12. The first-order valence-corrected chi connectivity index (χ1v) is 5.46. The summed E-state index contributed by atoms with van der Waals surface area (Å²) in [6, 6.07) is 9.26. The summed E-state index contributed by atoms with van der Waals surface area (Å²) in [5.74, 6) is -0.942. The normalized spacial score (nSPS) is 9.89. The maximum Gasteiger partial charge on any atom is 0.288 e. The Morgan fingerprint density at radius 2 is 1.89 bits per heavy atom. The van der Waals surface area contributed by atoms with Crippen LogP contribution in [0.15, 0.2) is 42.6 Å². The smallest absolute Gasteiger partial charge is 0.288 e. The van der Waals surface area contributed by atoms with Crippen LogP contribution in [0.2, 0.25) is 5.02 Å². The van der Waals surface area contributed by atoms with Crippen molar-refractivity contribution in [2.45, 2.75) is 0 Å². The van der Waals surface area contributed by atoms with E-state index in [1.807, 2.05) is 0 Å². The highest BCUT2D eigenvalue weighted by atomic mass is 35.5. The van der Waals surface area contributed by atoms with Gasteiger partial charge in [-0.1, -0.05) is 11.6 Å². The summed E-state index contributed by atoms with van der Waals surface area (Å²) >= 11 is 5.72. The van der Waals surface area contributed by atoms with E-state index in [1.54, 1.807) is 24.3 Å². The molecule has 1 amide bonds. The molecule has 0 radical (unpaired) electrons. The molecule has 2 aromatic rings. The molecule has 0 saturated heterocycles. The van der Waals surface area contributed by atoms with Crippen molar-refractivity contribution < 1.29 is 9.18 Å². The van der Waals surface area contributed by atoms with Gasteiger partial charge in [-0.05, 0) is 36.4 Å². The van der Waals surface area contributed by atoms with Crippen LogP contribution in [-0.4, -0.2) is 10.9 Å². The van der Waals surface area contributed by atoms with Gasteiger partial charge in [-0.2, -0.15) is 0 Å². The maximum absolute atomic E-state index is 12.6. The summed E-state index contributed by atoms with van der Waals surface area (Å²) in [6.45, 7) is 0. The first-order valence-electron chi connectivity index (χ1n) is 5.08. The van der Waals surface area contributed by atoms with E-state index in [0.717, 1.165) is 6.20 Å². The number of benzene rings is 1. The Bertz CT molecular complexity index is 542. The van der Waals surface area contributed by atoms with Gasteiger partial charge in [-0.3, -0.25) is 15.6 Å². The van der Waals surface area contributed by atoms with Gasteiger partial charge in [0, 0.05) is 5.02 Å². The molecule has 0 atom stereocenters. The fourth-order valence-corrected chi connectivity index (χ4v) is 1.36. The van der Waals surface area contributed by atoms with E-state index in [1.165, 1.54) is 12.1 Å². The number of pyridine rings is 1. The molecule has 0 aliphatic rings. The quantitative estimate of drug-likeness (QED) is 0.839. The number of hydrogen-bond acceptors (Lipinski definition) is 3. The number of nitrogens with zero attached hydrogens (tertiary/aromatic N) is 1. The van der Waals surface area contributed by atoms with E-state index < -0.39 is 11.7 Å². The highest BCUT2D eigenvalue weighted by molar-refractivity contribution is 6.30. The lowest BCUT2D eigenvalue weighted by Gasteiger charge is -2.07. The van der Waals surface area contributed by atoms with E-state index in [-0.39, 0.29) is 5.69 Å². The first kappa shape index (κ1) is 12.3. The van der Waals surface area contributed by atoms with Crippen LogP contribution in [0.3, 0.4) is 0 Å². The van der Waals surface area contributed by atoms with E-state index in [4.69, 9.17) is 11.6 Å². The van der Waals surface area contributed by atoms with Gasteiger partial charge in [-0.25, -0.2) is 9.37 Å². The predicted molar refractivity (Wildman–Crippen MR) is 66.7 cm³/mol. The molecule has 2 rings (SSSR count). The second-order valence-corrected chi connectivity index (χ2v) is 3.88. The summed E-state index contributed by atoms with van der Waals surface area (Å²) in [5, 5.41) is 0.604. The molecule has 92 valence electrons. The number of amides is 1. The lowest BCUT2D eigenvalue weighted by molar-refractivity contribution is 0.0957. The average Bonchev–Trinajstić information content (AvgIpc) is 2.38. The number of nitrogens with one attached hydrogen (secondary N) is 2. The number of halogens is 2. The van der Waals surface area contributed by atoms with Crippen LogP contribution in [0.1, 0.15) is 10.5 Å². The van der Waals surface area contributed by atoms with Crippen molar-refractivity contribution in [3.8, 4) is 0 Å². The average molecular weight is 266 g/mol. The zero-order valence-electron chi connectivity index (χ0n) is 9.15. The molecule has 0 fully saturated rings. The summed E-state index contributed by atoms with van der Waals surface area (Å²) < 4.78 is 12.6. The first-order chi connectivity index (χ1) is 8.65. The number of hydrogen-bond donors (Lipinski definition) is 2. The fourth-order valence-electron chi connectivity index (χ4n) is 1.24. The monoisotopic (exact) mass is 265 g/mol. The Morgan fingerprint density at radius 3 is 2.50 bits per heavy atom. The van der Waals surface area contributed by atoms with Crippen molar-refractivity contribution in [2.24, 2.45) is 0 Å². The Balaban J connectivity index is 1.96. The molecular weight excluding hydrogens is 257 g/mol. The van der Waals surface area contributed by atoms with E-state index in [9.17, 15) is 9.18 Å². The van der Waals surface area contributed by atoms with Crippen LogP contribution >= 0.6 is 11.6 Å². The Labute approximate surface area is 108 Å². The van der Waals surface area contributed by atoms with E-state index in [2.05, 4.69) is 15.8 Å². The van der Waals surface area contributed by atoms with Gasteiger partial charge in [0.25, 0.3) is 5.91 Å². The molecule has 1 heterocycles. The third-order valence-corrected chi connectivity index (χ3v) is 2.38. The van der Waals surface area contributed by atoms with E-state index >= 15 is 0 Å². The molecule has 0 aliphatic carbocycles. The van der Waals surface area contributed by atoms with Gasteiger partial charge < -0.3 is 0 Å². The van der Waals surface area contributed by atoms with Crippen LogP contribution in [0.5, 0.6) is 0 Å². The van der Waals surface area contributed by atoms with Crippen molar-refractivity contribution in [3.63, 3.8) is 0 Å². The Hall–Kier alpha value is -2.14. The topological polar surface area (TPSA) is 54.0 Å². The molecule has 2 N–H and O–H groups in total. The van der Waals surface area contributed by atoms with Crippen LogP contribution in [0.25, 0.3) is 0 Å². The second-order valence-electron chi connectivity index (χ2n) is 3.45. The minimum absolute atomic E-state index is 0.123. The second kappa shape index (κ2) is 5.46. The van der Waals surface area contributed by atoms with Crippen LogP contribution in [0, 0.1) is 5.82 Å². The molecule has 0 unspecified atom stereocenters. The van der Waals surface area contributed by atoms with Gasteiger partial charge in [0.05, 0.1) is 11.9 Å². The standard InChI is InChI=1S/C12H9ClFN3O/c13-8-1-4-10(5-2-8)16-17-12(18)11-6-3-9(14)7-15-11/h1-7,16H,(H,17,18). The van der Waals surface area contributed by atoms with Crippen molar-refractivity contribution in [1.29, 1.82) is 0 Å². The molecule has 18 heavy (non-hydrogen) atoms. The molecule has 4 nitrogen and oxygen atoms in total.